The topological polar surface area (TPSA) is 3.24 Å². The van der Waals surface area contributed by atoms with Crippen molar-refractivity contribution in [2.75, 3.05) is 4.90 Å². The summed E-state index contributed by atoms with van der Waals surface area (Å²) in [6, 6.07) is 56.2. The number of para-hydroxylation sites is 2. The van der Waals surface area contributed by atoms with Crippen LogP contribution in [-0.4, -0.2) is 0 Å². The molecule has 0 saturated heterocycles. The lowest BCUT2D eigenvalue weighted by atomic mass is 9.80. The molecule has 0 spiro atoms. The van der Waals surface area contributed by atoms with E-state index in [1.807, 2.05) is 6.08 Å². The molecule has 1 aliphatic carbocycles. The number of hydrogen-bond donors (Lipinski definition) is 0. The van der Waals surface area contributed by atoms with Gasteiger partial charge in [0.05, 0.1) is 0 Å². The number of anilines is 3. The minimum absolute atomic E-state index is 0.147. The first kappa shape index (κ1) is 34.8. The number of benzene rings is 9. The Bertz CT molecular complexity index is 3110. The first-order valence-electron chi connectivity index (χ1n) is 20.0. The Morgan fingerprint density at radius 3 is 1.81 bits per heavy atom. The van der Waals surface area contributed by atoms with Gasteiger partial charge in [-0.05, 0) is 174 Å². The SMILES string of the molecule is C=Cc1c(-c2cc3c4c(ccc5cc(/C=C/c6ccc7cc(N(c8ccccc8C)c8ccccc8C)ccc7c6)cc(c54)C3(C)C)c2)cc2ccccc2c1C. The second-order valence-corrected chi connectivity index (χ2v) is 16.4. The Morgan fingerprint density at radius 2 is 1.09 bits per heavy atom. The van der Waals surface area contributed by atoms with Crippen LogP contribution in [0.25, 0.3) is 72.4 Å². The molecule has 0 amide bonds. The predicted octanol–water partition coefficient (Wildman–Crippen LogP) is 15.8. The lowest BCUT2D eigenvalue weighted by Gasteiger charge is -2.28. The molecular formula is C56H45N. The average Bonchev–Trinajstić information content (AvgIpc) is 3.46. The molecule has 274 valence electrons. The van der Waals surface area contributed by atoms with Gasteiger partial charge in [-0.2, -0.15) is 0 Å². The molecule has 0 bridgehead atoms. The van der Waals surface area contributed by atoms with E-state index in [2.05, 4.69) is 210 Å². The zero-order valence-electron chi connectivity index (χ0n) is 33.3. The van der Waals surface area contributed by atoms with Crippen LogP contribution in [0.15, 0.2) is 158 Å². The summed E-state index contributed by atoms with van der Waals surface area (Å²) in [5, 5.41) is 10.4. The minimum atomic E-state index is -0.147. The maximum absolute atomic E-state index is 4.25. The van der Waals surface area contributed by atoms with Crippen LogP contribution in [0.4, 0.5) is 17.1 Å². The number of fused-ring (bicyclic) bond motifs is 2. The Kier molecular flexibility index (Phi) is 8.06. The normalized spacial score (nSPS) is 13.1. The van der Waals surface area contributed by atoms with Gasteiger partial charge in [-0.15, -0.1) is 0 Å². The molecule has 0 unspecified atom stereocenters. The van der Waals surface area contributed by atoms with Gasteiger partial charge in [0.15, 0.2) is 0 Å². The third-order valence-corrected chi connectivity index (χ3v) is 12.6. The summed E-state index contributed by atoms with van der Waals surface area (Å²) in [5.41, 5.74) is 16.1. The van der Waals surface area contributed by atoms with Crippen molar-refractivity contribution in [3.05, 3.63) is 203 Å². The average molecular weight is 732 g/mol. The van der Waals surface area contributed by atoms with E-state index >= 15 is 0 Å². The fraction of sp³-hybridized carbons (Fsp3) is 0.107. The first-order chi connectivity index (χ1) is 27.7. The van der Waals surface area contributed by atoms with E-state index in [-0.39, 0.29) is 5.41 Å². The number of hydrogen-bond acceptors (Lipinski definition) is 1. The Labute approximate surface area is 335 Å². The van der Waals surface area contributed by atoms with E-state index < -0.39 is 0 Å². The summed E-state index contributed by atoms with van der Waals surface area (Å²) in [6.07, 6.45) is 6.58. The van der Waals surface area contributed by atoms with E-state index in [4.69, 9.17) is 0 Å². The van der Waals surface area contributed by atoms with Crippen molar-refractivity contribution >= 4 is 78.4 Å². The van der Waals surface area contributed by atoms with E-state index in [1.165, 1.54) is 110 Å². The van der Waals surface area contributed by atoms with Gasteiger partial charge in [0.2, 0.25) is 0 Å². The van der Waals surface area contributed by atoms with Gasteiger partial charge < -0.3 is 4.90 Å². The molecule has 9 aromatic rings. The number of nitrogens with zero attached hydrogens (tertiary/aromatic N) is 1. The van der Waals surface area contributed by atoms with Crippen LogP contribution in [0.2, 0.25) is 0 Å². The summed E-state index contributed by atoms with van der Waals surface area (Å²) in [7, 11) is 0. The number of aryl methyl sites for hydroxylation is 3. The molecular weight excluding hydrogens is 687 g/mol. The van der Waals surface area contributed by atoms with E-state index in [1.54, 1.807) is 0 Å². The Balaban J connectivity index is 0.997. The van der Waals surface area contributed by atoms with Crippen LogP contribution in [-0.2, 0) is 5.41 Å². The highest BCUT2D eigenvalue weighted by molar-refractivity contribution is 6.16. The summed E-state index contributed by atoms with van der Waals surface area (Å²) in [6.45, 7) is 15.6. The van der Waals surface area contributed by atoms with Crippen molar-refractivity contribution in [3.63, 3.8) is 0 Å². The van der Waals surface area contributed by atoms with Crippen molar-refractivity contribution in [2.45, 2.75) is 40.0 Å². The third-order valence-electron chi connectivity index (χ3n) is 12.6. The fourth-order valence-electron chi connectivity index (χ4n) is 9.51. The zero-order valence-corrected chi connectivity index (χ0v) is 33.3. The molecule has 0 heterocycles. The summed E-state index contributed by atoms with van der Waals surface area (Å²) < 4.78 is 0. The van der Waals surface area contributed by atoms with Gasteiger partial charge in [-0.3, -0.25) is 0 Å². The van der Waals surface area contributed by atoms with Gasteiger partial charge in [0, 0.05) is 22.5 Å². The molecule has 0 radical (unpaired) electrons. The van der Waals surface area contributed by atoms with Crippen LogP contribution in [0, 0.1) is 20.8 Å². The molecule has 1 aliphatic rings. The molecule has 1 nitrogen and oxygen atoms in total. The highest BCUT2D eigenvalue weighted by Crippen LogP contribution is 2.51. The van der Waals surface area contributed by atoms with Crippen LogP contribution in [0.5, 0.6) is 0 Å². The van der Waals surface area contributed by atoms with Gasteiger partial charge in [-0.25, -0.2) is 0 Å². The van der Waals surface area contributed by atoms with Crippen molar-refractivity contribution < 1.29 is 0 Å². The molecule has 1 heteroatoms. The second kappa shape index (κ2) is 13.2. The van der Waals surface area contributed by atoms with Crippen molar-refractivity contribution in [1.29, 1.82) is 0 Å². The van der Waals surface area contributed by atoms with Crippen molar-refractivity contribution in [2.24, 2.45) is 0 Å². The van der Waals surface area contributed by atoms with Crippen LogP contribution in [0.1, 0.15) is 58.4 Å². The van der Waals surface area contributed by atoms with Gasteiger partial charge in [0.1, 0.15) is 0 Å². The highest BCUT2D eigenvalue weighted by atomic mass is 15.1. The van der Waals surface area contributed by atoms with Crippen molar-refractivity contribution in [3.8, 4) is 11.1 Å². The van der Waals surface area contributed by atoms with E-state index in [0.29, 0.717) is 0 Å². The molecule has 0 saturated carbocycles. The van der Waals surface area contributed by atoms with Crippen LogP contribution >= 0.6 is 0 Å². The van der Waals surface area contributed by atoms with Gasteiger partial charge >= 0.3 is 0 Å². The summed E-state index contributed by atoms with van der Waals surface area (Å²) >= 11 is 0. The lowest BCUT2D eigenvalue weighted by Crippen LogP contribution is -2.15. The molecule has 57 heavy (non-hydrogen) atoms. The van der Waals surface area contributed by atoms with Crippen molar-refractivity contribution in [1.82, 2.24) is 0 Å². The quantitative estimate of drug-likeness (QED) is 0.117. The maximum atomic E-state index is 4.25. The molecule has 0 fully saturated rings. The zero-order chi connectivity index (χ0) is 39.0. The van der Waals surface area contributed by atoms with Crippen LogP contribution < -0.4 is 4.90 Å². The first-order valence-corrected chi connectivity index (χ1v) is 20.0. The van der Waals surface area contributed by atoms with Crippen LogP contribution in [0.3, 0.4) is 0 Å². The van der Waals surface area contributed by atoms with E-state index in [9.17, 15) is 0 Å². The largest absolute Gasteiger partial charge is 0.310 e. The van der Waals surface area contributed by atoms with E-state index in [0.717, 1.165) is 5.69 Å². The lowest BCUT2D eigenvalue weighted by molar-refractivity contribution is 0.663. The maximum Gasteiger partial charge on any atom is 0.0490 e. The monoisotopic (exact) mass is 731 g/mol. The highest BCUT2D eigenvalue weighted by Gasteiger charge is 2.35. The molecule has 10 rings (SSSR count). The third kappa shape index (κ3) is 5.60. The number of rotatable bonds is 7. The minimum Gasteiger partial charge on any atom is -0.310 e. The van der Waals surface area contributed by atoms with Gasteiger partial charge in [0.25, 0.3) is 0 Å². The van der Waals surface area contributed by atoms with Gasteiger partial charge in [-0.1, -0.05) is 136 Å². The smallest absolute Gasteiger partial charge is 0.0490 e. The second-order valence-electron chi connectivity index (χ2n) is 16.4. The molecule has 0 aromatic heterocycles. The standard InChI is InChI=1S/C56H45N/c1-7-47-37(4)48-17-11-10-16-42(48)33-49(47)45-31-44-25-24-43-29-39(30-50-54(43)55(44)51(34-45)56(50,5)6)21-20-38-22-23-41-32-46(27-26-40(41)28-38)57(52-18-12-8-14-35(52)2)53-19-13-9-15-36(53)3/h7-34H,1H2,2-6H3/b21-20+. The predicted molar refractivity (Wildman–Crippen MR) is 248 cm³/mol. The summed E-state index contributed by atoms with van der Waals surface area (Å²) in [4.78, 5) is 2.39. The molecule has 9 aromatic carbocycles. The Hall–Kier alpha value is -6.70. The molecule has 0 atom stereocenters. The Morgan fingerprint density at radius 1 is 0.509 bits per heavy atom. The molecule has 0 N–H and O–H groups in total. The molecule has 0 aliphatic heterocycles. The fourth-order valence-corrected chi connectivity index (χ4v) is 9.51. The summed E-state index contributed by atoms with van der Waals surface area (Å²) in [5.74, 6) is 0.